The average molecular weight is 222 g/mol. The zero-order valence-electron chi connectivity index (χ0n) is 10.6. The molecule has 0 aliphatic carbocycles. The Balaban J connectivity index is 2.73. The number of nitrogens with zero attached hydrogens (tertiary/aromatic N) is 2. The highest BCUT2D eigenvalue weighted by atomic mass is 16.3. The molecule has 0 radical (unpaired) electrons. The van der Waals surface area contributed by atoms with Crippen molar-refractivity contribution in [3.8, 4) is 0 Å². The van der Waals surface area contributed by atoms with Crippen molar-refractivity contribution in [1.82, 2.24) is 4.98 Å². The predicted octanol–water partition coefficient (Wildman–Crippen LogP) is 2.76. The number of aliphatic hydroxyl groups excluding tert-OH is 1. The van der Waals surface area contributed by atoms with Gasteiger partial charge in [-0.05, 0) is 32.4 Å². The van der Waals surface area contributed by atoms with Crippen LogP contribution in [0, 0.1) is 0 Å². The maximum Gasteiger partial charge on any atom is 0.0931 e. The second kappa shape index (κ2) is 5.85. The van der Waals surface area contributed by atoms with Crippen LogP contribution in [0.1, 0.15) is 45.4 Å². The number of anilines is 1. The number of aliphatic hydroxyl groups is 1. The third-order valence-electron chi connectivity index (χ3n) is 2.97. The lowest BCUT2D eigenvalue weighted by atomic mass is 10.1. The third-order valence-corrected chi connectivity index (χ3v) is 2.97. The van der Waals surface area contributed by atoms with E-state index >= 15 is 0 Å². The SMILES string of the molecule is CCCC(C)N(C)c1ccc([C@H](C)O)nc1. The number of pyridine rings is 1. The summed E-state index contributed by atoms with van der Waals surface area (Å²) < 4.78 is 0. The van der Waals surface area contributed by atoms with Crippen molar-refractivity contribution in [1.29, 1.82) is 0 Å². The molecule has 3 nitrogen and oxygen atoms in total. The van der Waals surface area contributed by atoms with Crippen LogP contribution in [0.15, 0.2) is 18.3 Å². The van der Waals surface area contributed by atoms with Gasteiger partial charge in [0.15, 0.2) is 0 Å². The Labute approximate surface area is 98.1 Å². The average Bonchev–Trinajstić information content (AvgIpc) is 2.28. The smallest absolute Gasteiger partial charge is 0.0931 e. The van der Waals surface area contributed by atoms with Crippen LogP contribution in [-0.2, 0) is 0 Å². The molecular formula is C13H22N2O. The summed E-state index contributed by atoms with van der Waals surface area (Å²) in [5.41, 5.74) is 1.82. The molecule has 90 valence electrons. The second-order valence-electron chi connectivity index (χ2n) is 4.37. The van der Waals surface area contributed by atoms with Gasteiger partial charge in [0.25, 0.3) is 0 Å². The summed E-state index contributed by atoms with van der Waals surface area (Å²) in [4.78, 5) is 6.47. The van der Waals surface area contributed by atoms with Gasteiger partial charge in [0.2, 0.25) is 0 Å². The number of hydrogen-bond acceptors (Lipinski definition) is 3. The Morgan fingerprint density at radius 2 is 2.06 bits per heavy atom. The summed E-state index contributed by atoms with van der Waals surface area (Å²) in [6, 6.07) is 4.42. The number of hydrogen-bond donors (Lipinski definition) is 1. The molecule has 1 unspecified atom stereocenters. The van der Waals surface area contributed by atoms with Crippen molar-refractivity contribution in [2.45, 2.75) is 45.8 Å². The van der Waals surface area contributed by atoms with Crippen LogP contribution < -0.4 is 4.90 Å². The minimum absolute atomic E-state index is 0.493. The minimum atomic E-state index is -0.493. The van der Waals surface area contributed by atoms with Gasteiger partial charge in [0.1, 0.15) is 0 Å². The normalized spacial score (nSPS) is 14.6. The fourth-order valence-corrected chi connectivity index (χ4v) is 1.72. The molecule has 16 heavy (non-hydrogen) atoms. The Hall–Kier alpha value is -1.09. The van der Waals surface area contributed by atoms with Gasteiger partial charge in [-0.25, -0.2) is 0 Å². The molecule has 2 atom stereocenters. The van der Waals surface area contributed by atoms with Crippen molar-refractivity contribution < 1.29 is 5.11 Å². The quantitative estimate of drug-likeness (QED) is 0.832. The van der Waals surface area contributed by atoms with E-state index in [9.17, 15) is 5.11 Å². The van der Waals surface area contributed by atoms with E-state index in [2.05, 4.69) is 30.8 Å². The fraction of sp³-hybridized carbons (Fsp3) is 0.615. The van der Waals surface area contributed by atoms with Crippen molar-refractivity contribution in [3.63, 3.8) is 0 Å². The molecule has 1 aromatic heterocycles. The summed E-state index contributed by atoms with van der Waals surface area (Å²) in [6.07, 6.45) is 3.69. The summed E-state index contributed by atoms with van der Waals surface area (Å²) in [5, 5.41) is 9.37. The van der Waals surface area contributed by atoms with Crippen LogP contribution in [0.4, 0.5) is 5.69 Å². The van der Waals surface area contributed by atoms with Crippen molar-refractivity contribution in [2.75, 3.05) is 11.9 Å². The maximum absolute atomic E-state index is 9.37. The van der Waals surface area contributed by atoms with E-state index in [1.165, 1.54) is 12.8 Å². The van der Waals surface area contributed by atoms with E-state index in [-0.39, 0.29) is 0 Å². The Kier molecular flexibility index (Phi) is 4.74. The lowest BCUT2D eigenvalue weighted by Crippen LogP contribution is -2.28. The monoisotopic (exact) mass is 222 g/mol. The van der Waals surface area contributed by atoms with Crippen LogP contribution in [0.2, 0.25) is 0 Å². The first kappa shape index (κ1) is 13.0. The van der Waals surface area contributed by atoms with E-state index in [1.807, 2.05) is 18.3 Å². The molecule has 0 amide bonds. The first-order valence-electron chi connectivity index (χ1n) is 5.93. The number of aromatic nitrogens is 1. The first-order valence-corrected chi connectivity index (χ1v) is 5.93. The molecule has 0 fully saturated rings. The topological polar surface area (TPSA) is 36.4 Å². The van der Waals surface area contributed by atoms with Crippen LogP contribution in [0.25, 0.3) is 0 Å². The van der Waals surface area contributed by atoms with Gasteiger partial charge in [0, 0.05) is 13.1 Å². The predicted molar refractivity (Wildman–Crippen MR) is 67.6 cm³/mol. The van der Waals surface area contributed by atoms with E-state index in [1.54, 1.807) is 6.92 Å². The molecule has 0 spiro atoms. The highest BCUT2D eigenvalue weighted by Gasteiger charge is 2.10. The van der Waals surface area contributed by atoms with Gasteiger partial charge in [-0.3, -0.25) is 4.98 Å². The first-order chi connectivity index (χ1) is 7.56. The van der Waals surface area contributed by atoms with Gasteiger partial charge in [-0.2, -0.15) is 0 Å². The zero-order chi connectivity index (χ0) is 12.1. The fourth-order valence-electron chi connectivity index (χ4n) is 1.72. The Bertz CT molecular complexity index is 308. The maximum atomic E-state index is 9.37. The van der Waals surface area contributed by atoms with Gasteiger partial charge < -0.3 is 10.0 Å². The standard InChI is InChI=1S/C13H22N2O/c1-5-6-10(2)15(4)12-7-8-13(11(3)16)14-9-12/h7-11,16H,5-6H2,1-4H3/t10?,11-/m0/s1. The van der Waals surface area contributed by atoms with E-state index < -0.39 is 6.10 Å². The molecular weight excluding hydrogens is 200 g/mol. The van der Waals surface area contributed by atoms with Crippen LogP contribution in [0.3, 0.4) is 0 Å². The van der Waals surface area contributed by atoms with Gasteiger partial charge in [-0.15, -0.1) is 0 Å². The van der Waals surface area contributed by atoms with Gasteiger partial charge in [0.05, 0.1) is 23.7 Å². The van der Waals surface area contributed by atoms with Gasteiger partial charge >= 0.3 is 0 Å². The minimum Gasteiger partial charge on any atom is -0.387 e. The van der Waals surface area contributed by atoms with E-state index in [0.717, 1.165) is 11.4 Å². The highest BCUT2D eigenvalue weighted by Crippen LogP contribution is 2.18. The van der Waals surface area contributed by atoms with Crippen molar-refractivity contribution in [2.24, 2.45) is 0 Å². The van der Waals surface area contributed by atoms with Crippen LogP contribution >= 0.6 is 0 Å². The lowest BCUT2D eigenvalue weighted by molar-refractivity contribution is 0.194. The van der Waals surface area contributed by atoms with Crippen molar-refractivity contribution >= 4 is 5.69 Å². The number of rotatable bonds is 5. The Morgan fingerprint density at radius 3 is 2.50 bits per heavy atom. The molecule has 1 rings (SSSR count). The summed E-state index contributed by atoms with van der Waals surface area (Å²) in [5.74, 6) is 0. The molecule has 1 aromatic rings. The molecule has 1 heterocycles. The highest BCUT2D eigenvalue weighted by molar-refractivity contribution is 5.44. The molecule has 0 saturated heterocycles. The molecule has 0 aromatic carbocycles. The molecule has 3 heteroatoms. The van der Waals surface area contributed by atoms with Crippen LogP contribution in [-0.4, -0.2) is 23.2 Å². The molecule has 0 bridgehead atoms. The molecule has 0 saturated carbocycles. The molecule has 1 N–H and O–H groups in total. The Morgan fingerprint density at radius 1 is 1.38 bits per heavy atom. The zero-order valence-corrected chi connectivity index (χ0v) is 10.6. The second-order valence-corrected chi connectivity index (χ2v) is 4.37. The van der Waals surface area contributed by atoms with E-state index in [4.69, 9.17) is 0 Å². The third kappa shape index (κ3) is 3.20. The van der Waals surface area contributed by atoms with Crippen molar-refractivity contribution in [3.05, 3.63) is 24.0 Å². The molecule has 0 aliphatic rings. The van der Waals surface area contributed by atoms with Crippen LogP contribution in [0.5, 0.6) is 0 Å². The van der Waals surface area contributed by atoms with Gasteiger partial charge in [-0.1, -0.05) is 13.3 Å². The largest absolute Gasteiger partial charge is 0.387 e. The van der Waals surface area contributed by atoms with E-state index in [0.29, 0.717) is 6.04 Å². The summed E-state index contributed by atoms with van der Waals surface area (Å²) in [6.45, 7) is 6.14. The summed E-state index contributed by atoms with van der Waals surface area (Å²) >= 11 is 0. The summed E-state index contributed by atoms with van der Waals surface area (Å²) in [7, 11) is 2.08. The molecule has 0 aliphatic heterocycles. The lowest BCUT2D eigenvalue weighted by Gasteiger charge is -2.26.